The summed E-state index contributed by atoms with van der Waals surface area (Å²) in [6.45, 7) is 3.14. The lowest BCUT2D eigenvalue weighted by atomic mass is 9.78. The van der Waals surface area contributed by atoms with Crippen LogP contribution in [-0.2, 0) is 19.0 Å². The number of hydrogen-bond donors (Lipinski definition) is 4. The molecule has 0 radical (unpaired) electrons. The summed E-state index contributed by atoms with van der Waals surface area (Å²) in [4.78, 5) is 38.2. The van der Waals surface area contributed by atoms with Crippen molar-refractivity contribution in [2.45, 2.75) is 69.4 Å². The standard InChI is InChI=1S/C22H22O10/c1-6-14-9(22-12(30-6)5-13(24)32-22)3-8-15(19(14)27)20(28)21(29)16(18(8)26)11-4-10(23)17(25)7(2)31-11/h3,6-7,10-12,17,22-23,25,27,29H,4-5H2,1-2H3/t6-,7?,10?,11?,12?,17?,22?/m0/s1. The molecule has 3 heterocycles. The molecular formula is C22H22O10. The molecule has 0 amide bonds. The molecule has 4 N–H and O–H groups in total. The van der Waals surface area contributed by atoms with E-state index in [-0.39, 0.29) is 35.1 Å². The molecule has 0 bridgehead atoms. The molecule has 1 aromatic carbocycles. The van der Waals surface area contributed by atoms with Gasteiger partial charge in [0, 0.05) is 23.1 Å². The highest BCUT2D eigenvalue weighted by molar-refractivity contribution is 6.27. The first-order chi connectivity index (χ1) is 15.1. The third kappa shape index (κ3) is 2.83. The van der Waals surface area contributed by atoms with Crippen molar-refractivity contribution in [3.63, 3.8) is 0 Å². The number of aliphatic hydroxyl groups is 3. The lowest BCUT2D eigenvalue weighted by Crippen LogP contribution is -2.48. The van der Waals surface area contributed by atoms with E-state index in [2.05, 4.69) is 0 Å². The Kier molecular flexibility index (Phi) is 4.68. The molecule has 2 saturated heterocycles. The minimum Gasteiger partial charge on any atom is -0.507 e. The first-order valence-electron chi connectivity index (χ1n) is 10.4. The Bertz CT molecular complexity index is 1080. The van der Waals surface area contributed by atoms with E-state index in [0.29, 0.717) is 5.56 Å². The van der Waals surface area contributed by atoms with Crippen molar-refractivity contribution in [1.29, 1.82) is 0 Å². The maximum atomic E-state index is 13.4. The Morgan fingerprint density at radius 2 is 1.75 bits per heavy atom. The van der Waals surface area contributed by atoms with Crippen molar-refractivity contribution >= 4 is 17.5 Å². The van der Waals surface area contributed by atoms with Gasteiger partial charge in [0.2, 0.25) is 5.78 Å². The topological polar surface area (TPSA) is 160 Å². The van der Waals surface area contributed by atoms with E-state index < -0.39 is 71.8 Å². The number of esters is 1. The van der Waals surface area contributed by atoms with Crippen LogP contribution in [0.15, 0.2) is 17.4 Å². The second-order valence-corrected chi connectivity index (χ2v) is 8.63. The molecule has 5 rings (SSSR count). The number of carbonyl (C=O) groups is 3. The predicted octanol–water partition coefficient (Wildman–Crippen LogP) is 0.930. The van der Waals surface area contributed by atoms with Gasteiger partial charge in [-0.2, -0.15) is 0 Å². The Morgan fingerprint density at radius 3 is 2.44 bits per heavy atom. The minimum atomic E-state index is -1.22. The van der Waals surface area contributed by atoms with Crippen LogP contribution in [0.25, 0.3) is 0 Å². The predicted molar refractivity (Wildman–Crippen MR) is 104 cm³/mol. The van der Waals surface area contributed by atoms with Gasteiger partial charge >= 0.3 is 5.97 Å². The van der Waals surface area contributed by atoms with Crippen molar-refractivity contribution in [2.75, 3.05) is 0 Å². The zero-order valence-electron chi connectivity index (χ0n) is 17.3. The van der Waals surface area contributed by atoms with Crippen LogP contribution in [0.3, 0.4) is 0 Å². The second kappa shape index (κ2) is 7.11. The summed E-state index contributed by atoms with van der Waals surface area (Å²) in [6, 6.07) is 1.39. The molecule has 0 aromatic heterocycles. The van der Waals surface area contributed by atoms with Gasteiger partial charge in [0.25, 0.3) is 0 Å². The fourth-order valence-electron chi connectivity index (χ4n) is 5.07. The monoisotopic (exact) mass is 446 g/mol. The van der Waals surface area contributed by atoms with Gasteiger partial charge < -0.3 is 34.6 Å². The first kappa shape index (κ1) is 21.1. The van der Waals surface area contributed by atoms with Gasteiger partial charge in [0.1, 0.15) is 18.0 Å². The van der Waals surface area contributed by atoms with Gasteiger partial charge in [-0.25, -0.2) is 0 Å². The molecule has 2 fully saturated rings. The maximum absolute atomic E-state index is 13.4. The van der Waals surface area contributed by atoms with E-state index in [4.69, 9.17) is 14.2 Å². The number of aromatic hydroxyl groups is 1. The molecular weight excluding hydrogens is 424 g/mol. The third-order valence-corrected chi connectivity index (χ3v) is 6.65. The summed E-state index contributed by atoms with van der Waals surface area (Å²) >= 11 is 0. The fraction of sp³-hybridized carbons (Fsp3) is 0.500. The third-order valence-electron chi connectivity index (χ3n) is 6.65. The molecule has 1 aromatic rings. The molecule has 10 heteroatoms. The number of phenols is 1. The van der Waals surface area contributed by atoms with Crippen molar-refractivity contribution in [1.82, 2.24) is 0 Å². The molecule has 3 aliphatic heterocycles. The van der Waals surface area contributed by atoms with Crippen molar-refractivity contribution in [3.05, 3.63) is 39.7 Å². The maximum Gasteiger partial charge on any atom is 0.309 e. The highest BCUT2D eigenvalue weighted by Gasteiger charge is 2.48. The number of fused-ring (bicyclic) bond motifs is 4. The summed E-state index contributed by atoms with van der Waals surface area (Å²) in [6.07, 6.45) is -6.65. The van der Waals surface area contributed by atoms with Crippen molar-refractivity contribution in [3.8, 4) is 5.75 Å². The van der Waals surface area contributed by atoms with Gasteiger partial charge in [-0.3, -0.25) is 14.4 Å². The highest BCUT2D eigenvalue weighted by Crippen LogP contribution is 2.50. The molecule has 32 heavy (non-hydrogen) atoms. The number of allylic oxidation sites excluding steroid dienone is 1. The highest BCUT2D eigenvalue weighted by atomic mass is 16.6. The molecule has 170 valence electrons. The average Bonchev–Trinajstić information content (AvgIpc) is 3.10. The number of hydrogen-bond acceptors (Lipinski definition) is 10. The van der Waals surface area contributed by atoms with Crippen LogP contribution >= 0.6 is 0 Å². The normalized spacial score (nSPS) is 36.5. The molecule has 7 atom stereocenters. The smallest absolute Gasteiger partial charge is 0.309 e. The zero-order valence-corrected chi connectivity index (χ0v) is 17.3. The van der Waals surface area contributed by atoms with Crippen LogP contribution in [0.2, 0.25) is 0 Å². The number of ketones is 2. The number of Topliss-reactive ketones (excluding diaryl/α,β-unsaturated/α-hetero) is 2. The summed E-state index contributed by atoms with van der Waals surface area (Å²) < 4.78 is 16.7. The second-order valence-electron chi connectivity index (χ2n) is 8.63. The van der Waals surface area contributed by atoms with E-state index >= 15 is 0 Å². The van der Waals surface area contributed by atoms with Gasteiger partial charge in [0.15, 0.2) is 17.6 Å². The lowest BCUT2D eigenvalue weighted by molar-refractivity contribution is -0.151. The van der Waals surface area contributed by atoms with Gasteiger partial charge in [-0.15, -0.1) is 0 Å². The van der Waals surface area contributed by atoms with Crippen molar-refractivity contribution < 1.29 is 49.0 Å². The Labute approximate surface area is 182 Å². The van der Waals surface area contributed by atoms with Crippen LogP contribution in [-0.4, -0.2) is 68.5 Å². The molecule has 6 unspecified atom stereocenters. The molecule has 10 nitrogen and oxygen atoms in total. The van der Waals surface area contributed by atoms with Crippen molar-refractivity contribution in [2.24, 2.45) is 0 Å². The number of phenolic OH excluding ortho intramolecular Hbond substituents is 1. The van der Waals surface area contributed by atoms with E-state index in [1.807, 2.05) is 0 Å². The number of benzene rings is 1. The quantitative estimate of drug-likeness (QED) is 0.457. The van der Waals surface area contributed by atoms with Crippen LogP contribution in [0.5, 0.6) is 5.75 Å². The van der Waals surface area contributed by atoms with Gasteiger partial charge in [-0.1, -0.05) is 0 Å². The van der Waals surface area contributed by atoms with Gasteiger partial charge in [0.05, 0.1) is 42.0 Å². The Hall–Kier alpha value is -2.79. The van der Waals surface area contributed by atoms with Crippen LogP contribution in [0.4, 0.5) is 0 Å². The Morgan fingerprint density at radius 1 is 1.03 bits per heavy atom. The first-order valence-corrected chi connectivity index (χ1v) is 10.4. The van der Waals surface area contributed by atoms with E-state index in [9.17, 15) is 34.8 Å². The number of rotatable bonds is 1. The summed E-state index contributed by atoms with van der Waals surface area (Å²) in [5, 5.41) is 41.5. The van der Waals surface area contributed by atoms with E-state index in [0.717, 1.165) is 0 Å². The van der Waals surface area contributed by atoms with Crippen LogP contribution in [0, 0.1) is 0 Å². The number of carbonyl (C=O) groups excluding carboxylic acids is 3. The summed E-state index contributed by atoms with van der Waals surface area (Å²) in [5.74, 6) is -3.59. The molecule has 1 aliphatic carbocycles. The van der Waals surface area contributed by atoms with Crippen LogP contribution in [0.1, 0.15) is 70.7 Å². The molecule has 0 spiro atoms. The Balaban J connectivity index is 1.63. The van der Waals surface area contributed by atoms with E-state index in [1.165, 1.54) is 13.0 Å². The van der Waals surface area contributed by atoms with E-state index in [1.54, 1.807) is 6.92 Å². The average molecular weight is 446 g/mol. The number of ether oxygens (including phenoxy) is 3. The number of aliphatic hydroxyl groups excluding tert-OH is 3. The zero-order chi connectivity index (χ0) is 23.1. The molecule has 0 saturated carbocycles. The summed E-state index contributed by atoms with van der Waals surface area (Å²) in [5.41, 5.74) is -0.284. The minimum absolute atomic E-state index is 0.0269. The fourth-order valence-corrected chi connectivity index (χ4v) is 5.07. The SMILES string of the molecule is CC1OC(C2=C(O)C(=O)c3c(cc4c(c3O)[C@H](C)OC3CC(=O)OC43)C2=O)CC(O)C1O. The largest absolute Gasteiger partial charge is 0.507 e. The van der Waals surface area contributed by atoms with Gasteiger partial charge in [-0.05, 0) is 19.9 Å². The lowest BCUT2D eigenvalue weighted by Gasteiger charge is -2.37. The van der Waals surface area contributed by atoms with Crippen LogP contribution < -0.4 is 0 Å². The molecule has 4 aliphatic rings. The summed E-state index contributed by atoms with van der Waals surface area (Å²) in [7, 11) is 0.